The van der Waals surface area contributed by atoms with Gasteiger partial charge in [0.1, 0.15) is 0 Å². The summed E-state index contributed by atoms with van der Waals surface area (Å²) in [5, 5.41) is 3.22. The average Bonchev–Trinajstić information content (AvgIpc) is 3.30. The third-order valence-corrected chi connectivity index (χ3v) is 3.62. The number of benzene rings is 1. The van der Waals surface area contributed by atoms with Gasteiger partial charge in [-0.15, -0.1) is 0 Å². The van der Waals surface area contributed by atoms with Crippen LogP contribution in [0.4, 0.5) is 4.39 Å². The van der Waals surface area contributed by atoms with Gasteiger partial charge in [-0.1, -0.05) is 19.1 Å². The van der Waals surface area contributed by atoms with E-state index in [1.54, 1.807) is 18.0 Å². The van der Waals surface area contributed by atoms with Gasteiger partial charge in [-0.2, -0.15) is 0 Å². The molecule has 4 nitrogen and oxygen atoms in total. The minimum absolute atomic E-state index is 0.103. The Bertz CT molecular complexity index is 489. The zero-order valence-electron chi connectivity index (χ0n) is 12.7. The van der Waals surface area contributed by atoms with Crippen LogP contribution in [0.25, 0.3) is 0 Å². The van der Waals surface area contributed by atoms with E-state index in [4.69, 9.17) is 4.74 Å². The predicted octanol–water partition coefficient (Wildman–Crippen LogP) is 2.32. The highest BCUT2D eigenvalue weighted by Gasteiger charge is 2.29. The number of carbonyl (C=O) groups excluding carboxylic acids is 1. The maximum absolute atomic E-state index is 13.9. The van der Waals surface area contributed by atoms with Crippen LogP contribution in [0.1, 0.15) is 31.7 Å². The lowest BCUT2D eigenvalue weighted by Gasteiger charge is -2.18. The summed E-state index contributed by atoms with van der Waals surface area (Å²) in [6, 6.07) is 5.17. The van der Waals surface area contributed by atoms with E-state index in [0.29, 0.717) is 12.6 Å². The molecule has 0 aliphatic heterocycles. The van der Waals surface area contributed by atoms with Gasteiger partial charge in [0.2, 0.25) is 0 Å². The number of amides is 1. The first kappa shape index (κ1) is 15.8. The van der Waals surface area contributed by atoms with Gasteiger partial charge in [-0.25, -0.2) is 4.39 Å². The molecule has 0 spiro atoms. The summed E-state index contributed by atoms with van der Waals surface area (Å²) in [7, 11) is 1.77. The molecule has 1 aliphatic carbocycles. The number of hydrogen-bond donors (Lipinski definition) is 1. The summed E-state index contributed by atoms with van der Waals surface area (Å²) in [5.74, 6) is -0.348. The van der Waals surface area contributed by atoms with Gasteiger partial charge in [-0.05, 0) is 31.9 Å². The molecule has 1 amide bonds. The molecule has 1 saturated carbocycles. The number of carbonyl (C=O) groups is 1. The molecule has 0 heterocycles. The van der Waals surface area contributed by atoms with Gasteiger partial charge < -0.3 is 15.0 Å². The third-order valence-electron chi connectivity index (χ3n) is 3.62. The number of ether oxygens (including phenoxy) is 1. The summed E-state index contributed by atoms with van der Waals surface area (Å²) in [6.07, 6.45) is 3.11. The Hall–Kier alpha value is -1.62. The van der Waals surface area contributed by atoms with Crippen molar-refractivity contribution >= 4 is 5.91 Å². The van der Waals surface area contributed by atoms with Gasteiger partial charge in [0.05, 0.1) is 0 Å². The molecule has 1 fully saturated rings. The zero-order valence-corrected chi connectivity index (χ0v) is 12.7. The maximum Gasteiger partial charge on any atom is 0.260 e. The lowest BCUT2D eigenvalue weighted by molar-refractivity contribution is -0.132. The summed E-state index contributed by atoms with van der Waals surface area (Å²) in [5.41, 5.74) is 0.741. The van der Waals surface area contributed by atoms with Crippen LogP contribution in [0.2, 0.25) is 0 Å². The van der Waals surface area contributed by atoms with E-state index in [2.05, 4.69) is 12.2 Å². The molecule has 1 N–H and O–H groups in total. The number of para-hydroxylation sites is 1. The lowest BCUT2D eigenvalue weighted by atomic mass is 10.2. The standard InChI is InChI=1S/C16H23FN2O2/c1-3-9-18-10-12-5-4-6-14(17)16(12)21-11-15(20)19(2)13-7-8-13/h4-6,13,18H,3,7-11H2,1-2H3. The lowest BCUT2D eigenvalue weighted by Crippen LogP contribution is -2.33. The molecule has 5 heteroatoms. The van der Waals surface area contributed by atoms with E-state index < -0.39 is 5.82 Å². The Balaban J connectivity index is 1.95. The van der Waals surface area contributed by atoms with Gasteiger partial charge in [0.15, 0.2) is 18.2 Å². The maximum atomic E-state index is 13.9. The number of nitrogens with one attached hydrogen (secondary N) is 1. The number of nitrogens with zero attached hydrogens (tertiary/aromatic N) is 1. The Morgan fingerprint density at radius 3 is 2.90 bits per heavy atom. The van der Waals surface area contributed by atoms with Crippen molar-refractivity contribution in [3.8, 4) is 5.75 Å². The van der Waals surface area contributed by atoms with Crippen molar-refractivity contribution in [2.24, 2.45) is 0 Å². The average molecular weight is 294 g/mol. The van der Waals surface area contributed by atoms with E-state index >= 15 is 0 Å². The van der Waals surface area contributed by atoms with Crippen LogP contribution in [0.3, 0.4) is 0 Å². The Labute approximate surface area is 125 Å². The number of likely N-dealkylation sites (N-methyl/N-ethyl adjacent to an activating group) is 1. The molecule has 116 valence electrons. The largest absolute Gasteiger partial charge is 0.480 e. The highest BCUT2D eigenvalue weighted by molar-refractivity contribution is 5.78. The van der Waals surface area contributed by atoms with E-state index in [-0.39, 0.29) is 18.3 Å². The first-order valence-corrected chi connectivity index (χ1v) is 7.50. The summed E-state index contributed by atoms with van der Waals surface area (Å²) in [4.78, 5) is 13.6. The van der Waals surface area contributed by atoms with Crippen molar-refractivity contribution in [3.63, 3.8) is 0 Å². The van der Waals surface area contributed by atoms with Crippen molar-refractivity contribution in [1.82, 2.24) is 10.2 Å². The molecule has 1 aliphatic rings. The molecule has 1 aromatic carbocycles. The quantitative estimate of drug-likeness (QED) is 0.748. The van der Waals surface area contributed by atoms with E-state index in [0.717, 1.165) is 31.4 Å². The summed E-state index contributed by atoms with van der Waals surface area (Å²) < 4.78 is 19.4. The first-order valence-electron chi connectivity index (χ1n) is 7.50. The van der Waals surface area contributed by atoms with E-state index in [1.165, 1.54) is 6.07 Å². The molecule has 21 heavy (non-hydrogen) atoms. The first-order chi connectivity index (χ1) is 10.1. The fourth-order valence-corrected chi connectivity index (χ4v) is 2.16. The molecule has 0 radical (unpaired) electrons. The minimum atomic E-state index is -0.423. The fourth-order valence-electron chi connectivity index (χ4n) is 2.16. The van der Waals surface area contributed by atoms with Crippen LogP contribution in [0.5, 0.6) is 5.75 Å². The molecular formula is C16H23FN2O2. The SMILES string of the molecule is CCCNCc1cccc(F)c1OCC(=O)N(C)C1CC1. The number of hydrogen-bond acceptors (Lipinski definition) is 3. The van der Waals surface area contributed by atoms with Gasteiger partial charge in [0, 0.05) is 25.2 Å². The second-order valence-corrected chi connectivity index (χ2v) is 5.43. The highest BCUT2D eigenvalue weighted by atomic mass is 19.1. The predicted molar refractivity (Wildman–Crippen MR) is 79.7 cm³/mol. The third kappa shape index (κ3) is 4.43. The highest BCUT2D eigenvalue weighted by Crippen LogP contribution is 2.26. The zero-order chi connectivity index (χ0) is 15.2. The molecule has 0 atom stereocenters. The molecule has 0 unspecified atom stereocenters. The number of rotatable bonds is 8. The van der Waals surface area contributed by atoms with Crippen molar-refractivity contribution < 1.29 is 13.9 Å². The molecule has 2 rings (SSSR count). The molecule has 0 saturated heterocycles. The molecule has 0 aromatic heterocycles. The van der Waals surface area contributed by atoms with Crippen LogP contribution in [0, 0.1) is 5.82 Å². The van der Waals surface area contributed by atoms with Crippen LogP contribution < -0.4 is 10.1 Å². The summed E-state index contributed by atoms with van der Waals surface area (Å²) >= 11 is 0. The number of halogens is 1. The van der Waals surface area contributed by atoms with Crippen LogP contribution >= 0.6 is 0 Å². The van der Waals surface area contributed by atoms with Crippen LogP contribution in [-0.2, 0) is 11.3 Å². The van der Waals surface area contributed by atoms with Crippen LogP contribution in [0.15, 0.2) is 18.2 Å². The smallest absolute Gasteiger partial charge is 0.260 e. The second kappa shape index (κ2) is 7.41. The summed E-state index contributed by atoms with van der Waals surface area (Å²) in [6.45, 7) is 3.35. The Morgan fingerprint density at radius 1 is 1.48 bits per heavy atom. The van der Waals surface area contributed by atoms with Crippen LogP contribution in [-0.4, -0.2) is 37.0 Å². The van der Waals surface area contributed by atoms with Crippen molar-refractivity contribution in [1.29, 1.82) is 0 Å². The van der Waals surface area contributed by atoms with Gasteiger partial charge in [-0.3, -0.25) is 4.79 Å². The van der Waals surface area contributed by atoms with Crippen molar-refractivity contribution in [2.45, 2.75) is 38.8 Å². The Morgan fingerprint density at radius 2 is 2.24 bits per heavy atom. The molecule has 0 bridgehead atoms. The van der Waals surface area contributed by atoms with Crippen molar-refractivity contribution in [2.75, 3.05) is 20.2 Å². The minimum Gasteiger partial charge on any atom is -0.480 e. The van der Waals surface area contributed by atoms with Gasteiger partial charge in [0.25, 0.3) is 5.91 Å². The second-order valence-electron chi connectivity index (χ2n) is 5.43. The molecular weight excluding hydrogens is 271 g/mol. The fraction of sp³-hybridized carbons (Fsp3) is 0.562. The normalized spacial score (nSPS) is 14.0. The van der Waals surface area contributed by atoms with E-state index in [1.807, 2.05) is 6.07 Å². The van der Waals surface area contributed by atoms with Gasteiger partial charge >= 0.3 is 0 Å². The Kier molecular flexibility index (Phi) is 5.56. The molecule has 1 aromatic rings. The monoisotopic (exact) mass is 294 g/mol. The topological polar surface area (TPSA) is 41.6 Å². The van der Waals surface area contributed by atoms with E-state index in [9.17, 15) is 9.18 Å². The van der Waals surface area contributed by atoms with Crippen molar-refractivity contribution in [3.05, 3.63) is 29.6 Å².